The van der Waals surface area contributed by atoms with Gasteiger partial charge in [-0.05, 0) is 72.8 Å². The van der Waals surface area contributed by atoms with Gasteiger partial charge in [0.1, 0.15) is 5.76 Å². The van der Waals surface area contributed by atoms with Gasteiger partial charge in [-0.2, -0.15) is 0 Å². The topological polar surface area (TPSA) is 76.3 Å². The number of nitrogens with one attached hydrogen (secondary N) is 2. The van der Waals surface area contributed by atoms with Crippen molar-refractivity contribution < 1.29 is 14.0 Å². The molecule has 0 fully saturated rings. The van der Waals surface area contributed by atoms with E-state index in [9.17, 15) is 9.59 Å². The van der Waals surface area contributed by atoms with Crippen LogP contribution in [0.15, 0.2) is 59.0 Å². The van der Waals surface area contributed by atoms with Gasteiger partial charge in [0, 0.05) is 23.2 Å². The molecule has 0 radical (unpaired) electrons. The number of amides is 2. The molecule has 7 heteroatoms. The zero-order valence-corrected chi connectivity index (χ0v) is 17.0. The summed E-state index contributed by atoms with van der Waals surface area (Å²) in [4.78, 5) is 24.3. The van der Waals surface area contributed by atoms with Crippen LogP contribution in [-0.2, 0) is 4.79 Å². The molecule has 2 amide bonds. The van der Waals surface area contributed by atoms with Gasteiger partial charge in [0.05, 0.1) is 5.56 Å². The molecule has 0 unspecified atom stereocenters. The minimum atomic E-state index is -0.452. The van der Waals surface area contributed by atoms with E-state index in [1.54, 1.807) is 18.2 Å². The van der Waals surface area contributed by atoms with Crippen LogP contribution in [-0.4, -0.2) is 16.4 Å². The second-order valence-electron chi connectivity index (χ2n) is 5.87. The quantitative estimate of drug-likeness (QED) is 0.343. The minimum Gasteiger partial charge on any atom is -0.451 e. The summed E-state index contributed by atoms with van der Waals surface area (Å²) in [5.41, 5.74) is 8.02. The zero-order valence-electron chi connectivity index (χ0n) is 14.8. The molecule has 27 heavy (non-hydrogen) atoms. The third kappa shape index (κ3) is 4.48. The van der Waals surface area contributed by atoms with Crippen LogP contribution in [0.1, 0.15) is 27.5 Å². The first-order chi connectivity index (χ1) is 13.0. The van der Waals surface area contributed by atoms with E-state index in [4.69, 9.17) is 4.42 Å². The Kier molecular flexibility index (Phi) is 5.80. The molecule has 0 spiro atoms. The van der Waals surface area contributed by atoms with Gasteiger partial charge in [-0.25, -0.2) is 0 Å². The zero-order chi connectivity index (χ0) is 19.4. The van der Waals surface area contributed by atoms with Crippen LogP contribution in [0.3, 0.4) is 0 Å². The Morgan fingerprint density at radius 1 is 1.07 bits per heavy atom. The van der Waals surface area contributed by atoms with Crippen LogP contribution in [0.4, 0.5) is 0 Å². The highest BCUT2D eigenvalue weighted by atomic mass is 127. The van der Waals surface area contributed by atoms with E-state index < -0.39 is 5.91 Å². The van der Waals surface area contributed by atoms with Gasteiger partial charge in [-0.3, -0.25) is 20.4 Å². The maximum atomic E-state index is 12.5. The Morgan fingerprint density at radius 2 is 1.81 bits per heavy atom. The lowest BCUT2D eigenvalue weighted by atomic mass is 10.2. The van der Waals surface area contributed by atoms with Crippen molar-refractivity contribution in [2.45, 2.75) is 13.8 Å². The van der Waals surface area contributed by atoms with E-state index in [0.717, 1.165) is 20.8 Å². The largest absolute Gasteiger partial charge is 0.451 e. The molecule has 3 aromatic rings. The van der Waals surface area contributed by atoms with Crippen molar-refractivity contribution in [3.8, 4) is 5.69 Å². The molecule has 2 N–H and O–H groups in total. The number of benzene rings is 1. The summed E-state index contributed by atoms with van der Waals surface area (Å²) in [7, 11) is 0. The normalized spacial score (nSPS) is 10.9. The molecule has 0 aliphatic carbocycles. The number of aromatic nitrogens is 1. The molecule has 0 bridgehead atoms. The van der Waals surface area contributed by atoms with Crippen LogP contribution >= 0.6 is 22.6 Å². The van der Waals surface area contributed by atoms with Crippen LogP contribution in [0, 0.1) is 17.6 Å². The van der Waals surface area contributed by atoms with Crippen LogP contribution in [0.25, 0.3) is 11.8 Å². The van der Waals surface area contributed by atoms with Gasteiger partial charge < -0.3 is 8.98 Å². The van der Waals surface area contributed by atoms with E-state index in [-0.39, 0.29) is 5.91 Å². The minimum absolute atomic E-state index is 0.375. The second kappa shape index (κ2) is 8.26. The summed E-state index contributed by atoms with van der Waals surface area (Å²) in [5, 5.41) is 0. The van der Waals surface area contributed by atoms with Gasteiger partial charge in [0.15, 0.2) is 3.77 Å². The molecule has 1 aromatic carbocycles. The van der Waals surface area contributed by atoms with Crippen molar-refractivity contribution >= 4 is 40.5 Å². The molecule has 0 aliphatic rings. The number of carbonyl (C=O) groups excluding carboxylic acids is 2. The molecular formula is C20H18IN3O3. The van der Waals surface area contributed by atoms with Crippen molar-refractivity contribution in [2.24, 2.45) is 0 Å². The van der Waals surface area contributed by atoms with Crippen molar-refractivity contribution in [1.82, 2.24) is 15.4 Å². The fraction of sp³-hybridized carbons (Fsp3) is 0.100. The molecule has 0 aliphatic heterocycles. The number of furan rings is 1. The van der Waals surface area contributed by atoms with Gasteiger partial charge in [-0.15, -0.1) is 0 Å². The van der Waals surface area contributed by atoms with Crippen molar-refractivity contribution in [1.29, 1.82) is 0 Å². The number of carbonyl (C=O) groups is 2. The van der Waals surface area contributed by atoms with Crippen LogP contribution < -0.4 is 10.9 Å². The maximum absolute atomic E-state index is 12.5. The number of halogens is 1. The molecule has 138 valence electrons. The third-order valence-corrected chi connectivity index (χ3v) is 4.56. The average molecular weight is 475 g/mol. The number of rotatable bonds is 4. The standard InChI is InChI=1S/C20H18IN3O3/c1-13-12-17(14(2)24(13)15-6-4-3-5-7-15)20(26)23-22-19(25)11-9-16-8-10-18(21)27-16/h3-12H,1-2H3,(H,22,25)(H,23,26)/b11-9+. The van der Waals surface area contributed by atoms with Crippen molar-refractivity contribution in [3.63, 3.8) is 0 Å². The Morgan fingerprint density at radius 3 is 2.48 bits per heavy atom. The second-order valence-corrected chi connectivity index (χ2v) is 6.94. The molecule has 0 atom stereocenters. The summed E-state index contributed by atoms with van der Waals surface area (Å²) < 4.78 is 8.06. The number of hydrogen-bond donors (Lipinski definition) is 2. The number of para-hydroxylation sites is 1. The molecule has 3 rings (SSSR count). The van der Waals surface area contributed by atoms with Gasteiger partial charge >= 0.3 is 0 Å². The predicted molar refractivity (Wildman–Crippen MR) is 111 cm³/mol. The molecular weight excluding hydrogens is 457 g/mol. The SMILES string of the molecule is Cc1cc(C(=O)NNC(=O)/C=C/c2ccc(I)o2)c(C)n1-c1ccccc1. The smallest absolute Gasteiger partial charge is 0.271 e. The lowest BCUT2D eigenvalue weighted by molar-refractivity contribution is -0.117. The van der Waals surface area contributed by atoms with E-state index >= 15 is 0 Å². The lowest BCUT2D eigenvalue weighted by Gasteiger charge is -2.10. The Labute approximate surface area is 170 Å². The van der Waals surface area contributed by atoms with Gasteiger partial charge in [-0.1, -0.05) is 18.2 Å². The Bertz CT molecular complexity index is 1000. The van der Waals surface area contributed by atoms with Crippen molar-refractivity contribution in [3.05, 3.63) is 81.1 Å². The summed E-state index contributed by atoms with van der Waals surface area (Å²) in [6, 6.07) is 15.1. The summed E-state index contributed by atoms with van der Waals surface area (Å²) in [6.07, 6.45) is 2.83. The molecule has 6 nitrogen and oxygen atoms in total. The average Bonchev–Trinajstić information content (AvgIpc) is 3.21. The number of hydrazine groups is 1. The Hall–Kier alpha value is -2.81. The highest BCUT2D eigenvalue weighted by Gasteiger charge is 2.16. The van der Waals surface area contributed by atoms with E-state index in [1.807, 2.05) is 71.3 Å². The third-order valence-electron chi connectivity index (χ3n) is 3.98. The summed E-state index contributed by atoms with van der Waals surface area (Å²) >= 11 is 2.04. The number of nitrogens with zero attached hydrogens (tertiary/aromatic N) is 1. The van der Waals surface area contributed by atoms with Gasteiger partial charge in [0.2, 0.25) is 0 Å². The van der Waals surface area contributed by atoms with E-state index in [1.165, 1.54) is 12.2 Å². The lowest BCUT2D eigenvalue weighted by Crippen LogP contribution is -2.40. The maximum Gasteiger partial charge on any atom is 0.271 e. The highest BCUT2D eigenvalue weighted by Crippen LogP contribution is 2.20. The fourth-order valence-electron chi connectivity index (χ4n) is 2.77. The van der Waals surface area contributed by atoms with Crippen LogP contribution in [0.2, 0.25) is 0 Å². The summed E-state index contributed by atoms with van der Waals surface area (Å²) in [5.74, 6) is -0.265. The molecule has 2 aromatic heterocycles. The summed E-state index contributed by atoms with van der Waals surface area (Å²) in [6.45, 7) is 3.80. The first kappa shape index (κ1) is 19.0. The first-order valence-electron chi connectivity index (χ1n) is 8.24. The fourth-order valence-corrected chi connectivity index (χ4v) is 3.20. The molecule has 0 saturated carbocycles. The predicted octanol–water partition coefficient (Wildman–Crippen LogP) is 3.77. The number of aryl methyl sites for hydroxylation is 1. The first-order valence-corrected chi connectivity index (χ1v) is 9.31. The molecule has 0 saturated heterocycles. The van der Waals surface area contributed by atoms with E-state index in [2.05, 4.69) is 10.9 Å². The highest BCUT2D eigenvalue weighted by molar-refractivity contribution is 14.1. The van der Waals surface area contributed by atoms with Crippen LogP contribution in [0.5, 0.6) is 0 Å². The van der Waals surface area contributed by atoms with Crippen molar-refractivity contribution in [2.75, 3.05) is 0 Å². The molecule has 2 heterocycles. The monoisotopic (exact) mass is 475 g/mol. The number of hydrogen-bond acceptors (Lipinski definition) is 3. The Balaban J connectivity index is 1.66. The van der Waals surface area contributed by atoms with E-state index in [0.29, 0.717) is 11.3 Å². The van der Waals surface area contributed by atoms with Gasteiger partial charge in [0.25, 0.3) is 11.8 Å².